The molecule has 3 amide bonds. The second kappa shape index (κ2) is 14.3. The zero-order valence-corrected chi connectivity index (χ0v) is 25.7. The van der Waals surface area contributed by atoms with E-state index in [0.717, 1.165) is 62.2 Å². The van der Waals surface area contributed by atoms with Crippen molar-refractivity contribution in [3.05, 3.63) is 57.8 Å². The predicted molar refractivity (Wildman–Crippen MR) is 163 cm³/mol. The first-order valence-electron chi connectivity index (χ1n) is 15.0. The first-order chi connectivity index (χ1) is 20.3. The van der Waals surface area contributed by atoms with Crippen molar-refractivity contribution in [3.8, 4) is 5.75 Å². The molecule has 0 saturated carbocycles. The Hall–Kier alpha value is -2.59. The molecule has 0 spiro atoms. The van der Waals surface area contributed by atoms with Crippen molar-refractivity contribution >= 4 is 35.1 Å². The number of ether oxygens (including phenoxy) is 1. The van der Waals surface area contributed by atoms with E-state index in [1.807, 2.05) is 23.2 Å². The van der Waals surface area contributed by atoms with Gasteiger partial charge in [0.05, 0.1) is 11.8 Å². The number of nitrogens with one attached hydrogen (secondary N) is 1. The lowest BCUT2D eigenvalue weighted by Gasteiger charge is -2.36. The number of aromatic nitrogens is 1. The number of carbonyl (C=O) groups is 2. The molecule has 0 aliphatic carbocycles. The Bertz CT molecular complexity index is 1240. The largest absolute Gasteiger partial charge is 0.487 e. The highest BCUT2D eigenvalue weighted by Gasteiger charge is 2.33. The number of likely N-dealkylation sites (N-methyl/N-ethyl adjacent to an activating group) is 1. The summed E-state index contributed by atoms with van der Waals surface area (Å²) in [5, 5.41) is 14.0. The maximum absolute atomic E-state index is 13.9. The lowest BCUT2D eigenvalue weighted by molar-refractivity contribution is -0.134. The molecule has 1 aromatic heterocycles. The average Bonchev–Trinajstić information content (AvgIpc) is 2.98. The number of rotatable bonds is 7. The number of nitrogens with zero attached hydrogens (tertiary/aromatic N) is 4. The van der Waals surface area contributed by atoms with Gasteiger partial charge >= 0.3 is 6.03 Å². The van der Waals surface area contributed by atoms with E-state index in [2.05, 4.69) is 17.3 Å². The van der Waals surface area contributed by atoms with Crippen LogP contribution in [0.15, 0.2) is 36.5 Å². The first-order valence-corrected chi connectivity index (χ1v) is 15.8. The Morgan fingerprint density at radius 3 is 2.57 bits per heavy atom. The summed E-state index contributed by atoms with van der Waals surface area (Å²) >= 11 is 12.6. The highest BCUT2D eigenvalue weighted by Crippen LogP contribution is 2.34. The van der Waals surface area contributed by atoms with Gasteiger partial charge in [0.1, 0.15) is 17.9 Å². The second-order valence-corrected chi connectivity index (χ2v) is 12.7. The number of carbonyl (C=O) groups excluding carboxylic acids is 2. The van der Waals surface area contributed by atoms with Gasteiger partial charge in [0.2, 0.25) is 5.91 Å². The molecule has 0 radical (unpaired) electrons. The number of hydrogen-bond donors (Lipinski definition) is 2. The van der Waals surface area contributed by atoms with E-state index in [0.29, 0.717) is 36.1 Å². The Morgan fingerprint density at radius 2 is 1.83 bits per heavy atom. The number of pyridine rings is 1. The topological polar surface area (TPSA) is 98.2 Å². The molecule has 1 unspecified atom stereocenters. The molecule has 42 heavy (non-hydrogen) atoms. The van der Waals surface area contributed by atoms with Crippen LogP contribution in [0.3, 0.4) is 0 Å². The van der Waals surface area contributed by atoms with Gasteiger partial charge in [-0.25, -0.2) is 4.79 Å². The molecular weight excluding hydrogens is 577 g/mol. The van der Waals surface area contributed by atoms with Crippen molar-refractivity contribution < 1.29 is 19.4 Å². The third-order valence-electron chi connectivity index (χ3n) is 8.59. The van der Waals surface area contributed by atoms with E-state index < -0.39 is 12.1 Å². The number of halogens is 2. The van der Waals surface area contributed by atoms with Crippen LogP contribution >= 0.6 is 23.2 Å². The van der Waals surface area contributed by atoms with E-state index in [-0.39, 0.29) is 36.9 Å². The summed E-state index contributed by atoms with van der Waals surface area (Å²) in [5.41, 5.74) is 1.69. The third-order valence-corrected chi connectivity index (χ3v) is 9.17. The first kappa shape index (κ1) is 30.9. The molecule has 9 nitrogen and oxygen atoms in total. The molecule has 2 aromatic rings. The number of urea groups is 1. The number of β-amino-alcohol motifs (C(OH)–C–C–N with tert-alkyl or cyclic N) is 1. The van der Waals surface area contributed by atoms with Gasteiger partial charge in [0.15, 0.2) is 0 Å². The number of aliphatic hydroxyl groups excluding tert-OH is 1. The lowest BCUT2D eigenvalue weighted by Crippen LogP contribution is -2.56. The van der Waals surface area contributed by atoms with Crippen LogP contribution in [0.1, 0.15) is 55.7 Å². The molecule has 0 bridgehead atoms. The number of aliphatic hydroxyl groups is 1. The van der Waals surface area contributed by atoms with E-state index in [4.69, 9.17) is 32.9 Å². The van der Waals surface area contributed by atoms with Crippen LogP contribution in [0.5, 0.6) is 5.75 Å². The maximum atomic E-state index is 13.9. The van der Waals surface area contributed by atoms with Gasteiger partial charge in [0.25, 0.3) is 0 Å². The van der Waals surface area contributed by atoms with Crippen LogP contribution in [-0.2, 0) is 11.2 Å². The zero-order valence-electron chi connectivity index (χ0n) is 24.2. The number of piperidine rings is 3. The summed E-state index contributed by atoms with van der Waals surface area (Å²) in [6.07, 6.45) is 6.70. The number of benzene rings is 1. The van der Waals surface area contributed by atoms with Crippen molar-refractivity contribution in [1.82, 2.24) is 25.0 Å². The van der Waals surface area contributed by atoms with Crippen LogP contribution < -0.4 is 10.1 Å². The van der Waals surface area contributed by atoms with Gasteiger partial charge in [0, 0.05) is 61.3 Å². The molecule has 3 atom stereocenters. The van der Waals surface area contributed by atoms with Crippen LogP contribution in [0.4, 0.5) is 4.79 Å². The average molecular weight is 619 g/mol. The normalized spacial score (nSPS) is 23.0. The van der Waals surface area contributed by atoms with Gasteiger partial charge in [-0.15, -0.1) is 0 Å². The van der Waals surface area contributed by atoms with Crippen LogP contribution in [0, 0.1) is 0 Å². The molecule has 3 aliphatic heterocycles. The van der Waals surface area contributed by atoms with E-state index in [9.17, 15) is 14.7 Å². The fourth-order valence-electron chi connectivity index (χ4n) is 6.28. The van der Waals surface area contributed by atoms with Crippen LogP contribution in [0.25, 0.3) is 0 Å². The molecule has 3 saturated heterocycles. The summed E-state index contributed by atoms with van der Waals surface area (Å²) in [5.74, 6) is 0.877. The molecular formula is C31H41Cl2N5O4. The highest BCUT2D eigenvalue weighted by molar-refractivity contribution is 6.35. The van der Waals surface area contributed by atoms with Crippen molar-refractivity contribution in [2.24, 2.45) is 0 Å². The van der Waals surface area contributed by atoms with E-state index in [1.165, 1.54) is 0 Å². The highest BCUT2D eigenvalue weighted by atomic mass is 35.5. The zero-order chi connectivity index (χ0) is 29.6. The summed E-state index contributed by atoms with van der Waals surface area (Å²) in [6, 6.07) is 7.94. The van der Waals surface area contributed by atoms with Gasteiger partial charge in [-0.05, 0) is 81.9 Å². The lowest BCUT2D eigenvalue weighted by atomic mass is 9.91. The smallest absolute Gasteiger partial charge is 0.318 e. The molecule has 11 heteroatoms. The number of hydrogen-bond acceptors (Lipinski definition) is 6. The molecule has 3 aliphatic rings. The fourth-order valence-corrected chi connectivity index (χ4v) is 6.77. The minimum Gasteiger partial charge on any atom is -0.487 e. The minimum absolute atomic E-state index is 0.145. The number of amides is 3. The molecule has 3 fully saturated rings. The monoisotopic (exact) mass is 617 g/mol. The summed E-state index contributed by atoms with van der Waals surface area (Å²) < 4.78 is 6.44. The van der Waals surface area contributed by atoms with E-state index >= 15 is 0 Å². The summed E-state index contributed by atoms with van der Waals surface area (Å²) in [4.78, 5) is 37.5. The van der Waals surface area contributed by atoms with Gasteiger partial charge in [-0.3, -0.25) is 9.78 Å². The Labute approximate surface area is 258 Å². The van der Waals surface area contributed by atoms with Crippen molar-refractivity contribution in [3.63, 3.8) is 0 Å². The fraction of sp³-hybridized carbons (Fsp3) is 0.581. The summed E-state index contributed by atoms with van der Waals surface area (Å²) in [7, 11) is 2.12. The van der Waals surface area contributed by atoms with E-state index in [1.54, 1.807) is 23.1 Å². The van der Waals surface area contributed by atoms with Gasteiger partial charge in [-0.1, -0.05) is 29.3 Å². The minimum atomic E-state index is -0.802. The predicted octanol–water partition coefficient (Wildman–Crippen LogP) is 4.35. The molecule has 1 aromatic carbocycles. The maximum Gasteiger partial charge on any atom is 0.318 e. The third kappa shape index (κ3) is 7.86. The van der Waals surface area contributed by atoms with Crippen LogP contribution in [0.2, 0.25) is 10.0 Å². The quantitative estimate of drug-likeness (QED) is 0.479. The Morgan fingerprint density at radius 1 is 1.05 bits per heavy atom. The Kier molecular flexibility index (Phi) is 10.5. The van der Waals surface area contributed by atoms with Gasteiger partial charge in [-0.2, -0.15) is 0 Å². The SMILES string of the molecule is CN1CCC[C@H](Oc2cccnc2C2CCN(C(=O)[C@@H](Cc3ccc(Cl)cc3Cl)NC(=O)N3CCCC(O)C3)CC2)C1. The Balaban J connectivity index is 1.26. The number of likely N-dealkylation sites (tertiary alicyclic amines) is 3. The van der Waals surface area contributed by atoms with Crippen LogP contribution in [-0.4, -0.2) is 101 Å². The second-order valence-electron chi connectivity index (χ2n) is 11.8. The molecule has 228 valence electrons. The van der Waals surface area contributed by atoms with Crippen molar-refractivity contribution in [2.45, 2.75) is 69.1 Å². The summed E-state index contributed by atoms with van der Waals surface area (Å²) in [6.45, 7) is 3.90. The molecule has 4 heterocycles. The van der Waals surface area contributed by atoms with Crippen molar-refractivity contribution in [1.29, 1.82) is 0 Å². The standard InChI is InChI=1S/C31H41Cl2N5O4/c1-36-13-4-6-25(20-36)42-28-7-2-12-34-29(28)21-10-15-37(16-11-21)30(40)27(17-22-8-9-23(32)18-26(22)33)35-31(41)38-14-3-5-24(39)19-38/h2,7-9,12,18,21,24-25,27,39H,3-6,10-11,13-17,19-20H2,1H3,(H,35,41)/t24?,25-,27+/m0/s1. The molecule has 5 rings (SSSR count). The van der Waals surface area contributed by atoms with Crippen molar-refractivity contribution in [2.75, 3.05) is 46.3 Å². The molecule has 2 N–H and O–H groups in total. The van der Waals surface area contributed by atoms with Gasteiger partial charge < -0.3 is 29.9 Å².